The number of nitrogens with zero attached hydrogens (tertiary/aromatic N) is 4. The van der Waals surface area contributed by atoms with E-state index in [0.717, 1.165) is 35.8 Å². The van der Waals surface area contributed by atoms with Crippen LogP contribution < -0.4 is 11.1 Å². The van der Waals surface area contributed by atoms with Gasteiger partial charge in [-0.1, -0.05) is 30.1 Å². The molecule has 9 nitrogen and oxygen atoms in total. The molecule has 0 saturated heterocycles. The third kappa shape index (κ3) is 4.67. The van der Waals surface area contributed by atoms with E-state index in [1.165, 1.54) is 18.4 Å². The van der Waals surface area contributed by atoms with Crippen molar-refractivity contribution in [1.82, 2.24) is 15.0 Å². The van der Waals surface area contributed by atoms with Crippen molar-refractivity contribution in [3.8, 4) is 11.3 Å². The second-order valence-electron chi connectivity index (χ2n) is 7.55. The molecule has 0 aromatic carbocycles. The quantitative estimate of drug-likeness (QED) is 0.280. The van der Waals surface area contributed by atoms with Crippen LogP contribution in [0.4, 0.5) is 16.4 Å². The monoisotopic (exact) mass is 496 g/mol. The van der Waals surface area contributed by atoms with Crippen LogP contribution in [0.25, 0.3) is 27.0 Å². The van der Waals surface area contributed by atoms with E-state index in [1.807, 2.05) is 12.1 Å². The van der Waals surface area contributed by atoms with Gasteiger partial charge in [-0.2, -0.15) is 0 Å². The first-order valence-corrected chi connectivity index (χ1v) is 12.6. The number of ether oxygens (including phenoxy) is 1. The molecule has 1 unspecified atom stereocenters. The topological polar surface area (TPSA) is 138 Å². The minimum absolute atomic E-state index is 0.112. The molecule has 1 fully saturated rings. The van der Waals surface area contributed by atoms with Gasteiger partial charge in [0.15, 0.2) is 0 Å². The third-order valence-corrected chi connectivity index (χ3v) is 8.73. The maximum atomic E-state index is 13.1. The van der Waals surface area contributed by atoms with Gasteiger partial charge in [-0.05, 0) is 30.9 Å². The molecule has 0 spiro atoms. The molecule has 1 aliphatic rings. The summed E-state index contributed by atoms with van der Waals surface area (Å²) >= 11 is 0.180. The number of nitrogen functional groups attached to an aromatic ring is 1. The zero-order valence-corrected chi connectivity index (χ0v) is 20.4. The van der Waals surface area contributed by atoms with Crippen molar-refractivity contribution in [2.75, 3.05) is 25.2 Å². The fourth-order valence-electron chi connectivity index (χ4n) is 3.50. The number of amides is 1. The fourth-order valence-corrected chi connectivity index (χ4v) is 6.71. The molecular formula is C23H24N6O3S2. The van der Waals surface area contributed by atoms with Crippen molar-refractivity contribution in [2.24, 2.45) is 4.99 Å². The van der Waals surface area contributed by atoms with Crippen LogP contribution in [0, 0.1) is 0 Å². The predicted octanol–water partition coefficient (Wildman–Crippen LogP) is 4.44. The van der Waals surface area contributed by atoms with Crippen molar-refractivity contribution in [3.05, 3.63) is 42.8 Å². The van der Waals surface area contributed by atoms with Gasteiger partial charge in [0.05, 0.1) is 12.8 Å². The van der Waals surface area contributed by atoms with Gasteiger partial charge >= 0.3 is 6.09 Å². The molecule has 0 radical (unpaired) electrons. The predicted molar refractivity (Wildman–Crippen MR) is 138 cm³/mol. The van der Waals surface area contributed by atoms with Crippen LogP contribution in [0.5, 0.6) is 0 Å². The Bertz CT molecular complexity index is 1280. The van der Waals surface area contributed by atoms with Crippen LogP contribution in [0.15, 0.2) is 46.4 Å². The summed E-state index contributed by atoms with van der Waals surface area (Å²) in [7, 11) is 2.95. The van der Waals surface area contributed by atoms with Crippen LogP contribution in [0.3, 0.4) is 0 Å². The Hall–Kier alpha value is -3.28. The van der Waals surface area contributed by atoms with Crippen LogP contribution in [0.2, 0.25) is 0 Å². The molecule has 3 aromatic heterocycles. The second kappa shape index (κ2) is 10.3. The highest BCUT2D eigenvalue weighted by Crippen LogP contribution is 2.44. The number of pyridine rings is 1. The molecule has 4 rings (SSSR count). The smallest absolute Gasteiger partial charge is 0.413 e. The van der Waals surface area contributed by atoms with Gasteiger partial charge in [0, 0.05) is 53.4 Å². The normalized spacial score (nSPS) is 15.3. The Kier molecular flexibility index (Phi) is 7.25. The van der Waals surface area contributed by atoms with Gasteiger partial charge < -0.3 is 15.0 Å². The van der Waals surface area contributed by atoms with Gasteiger partial charge in [0.1, 0.15) is 15.8 Å². The summed E-state index contributed by atoms with van der Waals surface area (Å²) in [4.78, 5) is 29.4. The Labute approximate surface area is 204 Å². The highest BCUT2D eigenvalue weighted by molar-refractivity contribution is 7.94. The molecule has 3 heterocycles. The number of carbonyl (C=O) groups excluding carboxylic acids is 1. The van der Waals surface area contributed by atoms with Crippen molar-refractivity contribution in [1.29, 1.82) is 0 Å². The average Bonchev–Trinajstić information content (AvgIpc) is 3.14. The minimum atomic E-state index is -1.17. The Balaban J connectivity index is 1.86. The molecule has 3 aromatic rings. The summed E-state index contributed by atoms with van der Waals surface area (Å²) in [6.07, 6.45) is 10.7. The number of rotatable bonds is 7. The summed E-state index contributed by atoms with van der Waals surface area (Å²) in [5.74, 6) is 0.112. The number of fused-ring (bicyclic) bond motifs is 1. The van der Waals surface area contributed by atoms with Crippen LogP contribution in [0.1, 0.15) is 24.8 Å². The number of nitrogens with two attached hydrogens (primary N) is 1. The molecule has 0 bridgehead atoms. The first-order valence-electron chi connectivity index (χ1n) is 10.5. The zero-order valence-electron chi connectivity index (χ0n) is 18.8. The van der Waals surface area contributed by atoms with Crippen LogP contribution in [-0.4, -0.2) is 51.2 Å². The van der Waals surface area contributed by atoms with E-state index in [9.17, 15) is 9.35 Å². The van der Waals surface area contributed by atoms with Crippen LogP contribution >= 0.6 is 11.3 Å². The van der Waals surface area contributed by atoms with E-state index in [2.05, 4.69) is 31.6 Å². The number of anilines is 2. The molecule has 1 atom stereocenters. The molecular weight excluding hydrogens is 472 g/mol. The Morgan fingerprint density at radius 1 is 1.41 bits per heavy atom. The first kappa shape index (κ1) is 23.9. The number of hydrogen-bond donors (Lipinski definition) is 2. The van der Waals surface area contributed by atoms with Gasteiger partial charge in [-0.3, -0.25) is 10.3 Å². The largest absolute Gasteiger partial charge is 0.611 e. The lowest BCUT2D eigenvalue weighted by molar-refractivity contribution is 0.186. The maximum Gasteiger partial charge on any atom is 0.413 e. The van der Waals surface area contributed by atoms with E-state index in [-0.39, 0.29) is 11.2 Å². The molecule has 11 heteroatoms. The summed E-state index contributed by atoms with van der Waals surface area (Å²) in [5, 5.41) is 3.30. The van der Waals surface area contributed by atoms with Crippen molar-refractivity contribution >= 4 is 62.2 Å². The Morgan fingerprint density at radius 3 is 2.74 bits per heavy atom. The number of allylic oxidation sites excluding steroid dienone is 3. The van der Waals surface area contributed by atoms with Gasteiger partial charge in [0.2, 0.25) is 10.2 Å². The highest BCUT2D eigenvalue weighted by Gasteiger charge is 2.35. The van der Waals surface area contributed by atoms with E-state index in [1.54, 1.807) is 31.7 Å². The number of aromatic nitrogens is 3. The van der Waals surface area contributed by atoms with Crippen molar-refractivity contribution in [2.45, 2.75) is 28.7 Å². The maximum absolute atomic E-state index is 13.1. The minimum Gasteiger partial charge on any atom is -0.611 e. The van der Waals surface area contributed by atoms with Crippen LogP contribution in [-0.2, 0) is 15.9 Å². The molecule has 3 N–H and O–H groups in total. The summed E-state index contributed by atoms with van der Waals surface area (Å²) in [5.41, 5.74) is 9.89. The lowest BCUT2D eigenvalue weighted by Crippen LogP contribution is -2.28. The van der Waals surface area contributed by atoms with E-state index < -0.39 is 17.3 Å². The lowest BCUT2D eigenvalue weighted by Gasteiger charge is -2.27. The third-order valence-electron chi connectivity index (χ3n) is 5.43. The molecule has 176 valence electrons. The zero-order chi connectivity index (χ0) is 24.2. The molecule has 1 aliphatic carbocycles. The number of methoxy groups -OCH3 is 1. The van der Waals surface area contributed by atoms with E-state index >= 15 is 0 Å². The number of hydrogen-bond acceptors (Lipinski definition) is 9. The lowest BCUT2D eigenvalue weighted by atomic mass is 10.00. The van der Waals surface area contributed by atoms with Gasteiger partial charge in [0.25, 0.3) is 0 Å². The number of nitrogens with one attached hydrogen (secondary N) is 1. The average molecular weight is 497 g/mol. The Morgan fingerprint density at radius 2 is 2.15 bits per heavy atom. The highest BCUT2D eigenvalue weighted by atomic mass is 32.2. The summed E-state index contributed by atoms with van der Waals surface area (Å²) in [6, 6.07) is 1.88. The number of thiophene rings is 1. The molecule has 34 heavy (non-hydrogen) atoms. The van der Waals surface area contributed by atoms with Crippen molar-refractivity contribution in [3.63, 3.8) is 0 Å². The summed E-state index contributed by atoms with van der Waals surface area (Å²) < 4.78 is 18.4. The van der Waals surface area contributed by atoms with Crippen molar-refractivity contribution < 1.29 is 14.1 Å². The standard InChI is InChI=1S/C23H24N6O3S2/c1-4-6-13(10-25-2)16-9-17(14-11-26-22(27-12-14)29-23(30)32-3)28-20-18(16)19(24)21(33-20)34(31)15-7-5-8-15/h4,6,9-12,15H,1,5,7-8,24H2,2-3H3,(H,26,27,29,30)/b13-6+,25-10-. The summed E-state index contributed by atoms with van der Waals surface area (Å²) in [6.45, 7) is 3.81. The van der Waals surface area contributed by atoms with Gasteiger partial charge in [-0.25, -0.2) is 19.7 Å². The fraction of sp³-hybridized carbons (Fsp3) is 0.261. The first-order chi connectivity index (χ1) is 16.5. The number of aliphatic imine (C=N–C) groups is 1. The van der Waals surface area contributed by atoms with Gasteiger partial charge in [-0.15, -0.1) is 0 Å². The second-order valence-corrected chi connectivity index (χ2v) is 10.5. The molecule has 1 amide bonds. The van der Waals surface area contributed by atoms with E-state index in [4.69, 9.17) is 10.7 Å². The molecule has 1 saturated carbocycles. The SMILES string of the molecule is C=C/C=C(\C=N/C)c1cc(-c2cnc(NC(=O)OC)nc2)nc2sc([S+]([O-])C3CCC3)c(N)c12. The van der Waals surface area contributed by atoms with E-state index in [0.29, 0.717) is 26.0 Å². The number of carbonyl (C=O) groups is 1. The molecule has 0 aliphatic heterocycles.